The number of nitrogens with two attached hydrogens (primary N) is 1. The van der Waals surface area contributed by atoms with Crippen LogP contribution < -0.4 is 5.73 Å². The summed E-state index contributed by atoms with van der Waals surface area (Å²) >= 11 is 5.30. The zero-order valence-corrected chi connectivity index (χ0v) is 11.1. The maximum atomic E-state index is 5.80. The lowest BCUT2D eigenvalue weighted by molar-refractivity contribution is 1.47. The summed E-state index contributed by atoms with van der Waals surface area (Å²) < 4.78 is 1.20. The van der Waals surface area contributed by atoms with Gasteiger partial charge in [0.2, 0.25) is 0 Å². The zero-order valence-electron chi connectivity index (χ0n) is 8.67. The number of benzene rings is 1. The first-order valence-corrected chi connectivity index (χ1v) is 6.31. The molecule has 0 atom stereocenters. The molecule has 0 aliphatic heterocycles. The van der Waals surface area contributed by atoms with Gasteiger partial charge in [-0.15, -0.1) is 11.3 Å². The fraction of sp³-hybridized carbons (Fsp3) is 0.167. The topological polar surface area (TPSA) is 26.0 Å². The van der Waals surface area contributed by atoms with Crippen molar-refractivity contribution in [2.45, 2.75) is 13.8 Å². The number of halogens is 1. The molecule has 78 valence electrons. The van der Waals surface area contributed by atoms with Crippen LogP contribution in [0.4, 0.5) is 5.69 Å². The molecule has 15 heavy (non-hydrogen) atoms. The van der Waals surface area contributed by atoms with Gasteiger partial charge in [-0.05, 0) is 64.7 Å². The second kappa shape index (κ2) is 3.99. The number of aryl methyl sites for hydroxylation is 2. The van der Waals surface area contributed by atoms with Gasteiger partial charge in [0.1, 0.15) is 0 Å². The van der Waals surface area contributed by atoms with E-state index in [0.717, 1.165) is 11.3 Å². The average Bonchev–Trinajstić information content (AvgIpc) is 2.52. The zero-order chi connectivity index (χ0) is 11.0. The molecule has 2 aromatic rings. The van der Waals surface area contributed by atoms with E-state index in [1.54, 1.807) is 11.3 Å². The van der Waals surface area contributed by atoms with E-state index in [-0.39, 0.29) is 0 Å². The quantitative estimate of drug-likeness (QED) is 0.772. The summed E-state index contributed by atoms with van der Waals surface area (Å²) in [6, 6.07) is 8.36. The molecule has 1 heterocycles. The fourth-order valence-electron chi connectivity index (χ4n) is 1.43. The standard InChI is InChI=1S/C12H12BrNS/c1-7-5-9(3-4-10(7)14)11-6-8(2)12(13)15-11/h3-6H,14H2,1-2H3. The molecule has 0 aliphatic carbocycles. The Morgan fingerprint density at radius 3 is 2.40 bits per heavy atom. The Morgan fingerprint density at radius 2 is 1.87 bits per heavy atom. The van der Waals surface area contributed by atoms with Crippen LogP contribution in [0, 0.1) is 13.8 Å². The van der Waals surface area contributed by atoms with Crippen LogP contribution in [0.5, 0.6) is 0 Å². The van der Waals surface area contributed by atoms with Gasteiger partial charge >= 0.3 is 0 Å². The molecule has 1 nitrogen and oxygen atoms in total. The fourth-order valence-corrected chi connectivity index (χ4v) is 2.96. The summed E-state index contributed by atoms with van der Waals surface area (Å²) in [5, 5.41) is 0. The second-order valence-corrected chi connectivity index (χ2v) is 6.01. The molecule has 0 fully saturated rings. The average molecular weight is 282 g/mol. The molecule has 3 heteroatoms. The van der Waals surface area contributed by atoms with Gasteiger partial charge in [0, 0.05) is 10.6 Å². The van der Waals surface area contributed by atoms with Crippen LogP contribution in [0.2, 0.25) is 0 Å². The number of hydrogen-bond donors (Lipinski definition) is 1. The Morgan fingerprint density at radius 1 is 1.13 bits per heavy atom. The van der Waals surface area contributed by atoms with Crippen LogP contribution in [-0.2, 0) is 0 Å². The smallest absolute Gasteiger partial charge is 0.0734 e. The van der Waals surface area contributed by atoms with Gasteiger partial charge < -0.3 is 5.73 Å². The second-order valence-electron chi connectivity index (χ2n) is 3.64. The van der Waals surface area contributed by atoms with Gasteiger partial charge in [0.05, 0.1) is 3.79 Å². The molecule has 0 aliphatic rings. The summed E-state index contributed by atoms with van der Waals surface area (Å²) in [6.07, 6.45) is 0. The maximum absolute atomic E-state index is 5.80. The Hall–Kier alpha value is -0.800. The molecule has 0 saturated carbocycles. The van der Waals surface area contributed by atoms with E-state index in [9.17, 15) is 0 Å². The van der Waals surface area contributed by atoms with E-state index in [0.29, 0.717) is 0 Å². The lowest BCUT2D eigenvalue weighted by atomic mass is 10.1. The molecule has 0 radical (unpaired) electrons. The summed E-state index contributed by atoms with van der Waals surface area (Å²) in [6.45, 7) is 4.14. The van der Waals surface area contributed by atoms with E-state index >= 15 is 0 Å². The highest BCUT2D eigenvalue weighted by Gasteiger charge is 2.05. The lowest BCUT2D eigenvalue weighted by Gasteiger charge is -2.02. The van der Waals surface area contributed by atoms with E-state index in [4.69, 9.17) is 5.73 Å². The molecular formula is C12H12BrNS. The SMILES string of the molecule is Cc1cc(-c2cc(C)c(Br)s2)ccc1N. The third kappa shape index (κ3) is 2.08. The first-order valence-electron chi connectivity index (χ1n) is 4.70. The van der Waals surface area contributed by atoms with E-state index in [1.165, 1.54) is 19.8 Å². The normalized spacial score (nSPS) is 10.6. The van der Waals surface area contributed by atoms with Gasteiger partial charge in [0.15, 0.2) is 0 Å². The van der Waals surface area contributed by atoms with Crippen LogP contribution in [-0.4, -0.2) is 0 Å². The van der Waals surface area contributed by atoms with Crippen LogP contribution >= 0.6 is 27.3 Å². The maximum Gasteiger partial charge on any atom is 0.0734 e. The largest absolute Gasteiger partial charge is 0.399 e. The van der Waals surface area contributed by atoms with Crippen molar-refractivity contribution in [1.82, 2.24) is 0 Å². The van der Waals surface area contributed by atoms with Gasteiger partial charge in [-0.1, -0.05) is 6.07 Å². The molecule has 0 spiro atoms. The highest BCUT2D eigenvalue weighted by molar-refractivity contribution is 9.11. The van der Waals surface area contributed by atoms with Gasteiger partial charge in [-0.25, -0.2) is 0 Å². The van der Waals surface area contributed by atoms with Crippen LogP contribution in [0.15, 0.2) is 28.1 Å². The Labute approximate surface area is 102 Å². The van der Waals surface area contributed by atoms with Crippen molar-refractivity contribution in [1.29, 1.82) is 0 Å². The van der Waals surface area contributed by atoms with E-state index in [1.807, 2.05) is 13.0 Å². The lowest BCUT2D eigenvalue weighted by Crippen LogP contribution is -1.88. The Kier molecular flexibility index (Phi) is 2.85. The van der Waals surface area contributed by atoms with Crippen molar-refractivity contribution >= 4 is 33.0 Å². The molecule has 1 aromatic carbocycles. The van der Waals surface area contributed by atoms with Crippen molar-refractivity contribution in [3.05, 3.63) is 39.2 Å². The van der Waals surface area contributed by atoms with Crippen molar-refractivity contribution in [3.8, 4) is 10.4 Å². The van der Waals surface area contributed by atoms with Crippen LogP contribution in [0.3, 0.4) is 0 Å². The predicted molar refractivity (Wildman–Crippen MR) is 71.3 cm³/mol. The van der Waals surface area contributed by atoms with Crippen molar-refractivity contribution < 1.29 is 0 Å². The third-order valence-electron chi connectivity index (χ3n) is 2.41. The Bertz CT molecular complexity index is 483. The van der Waals surface area contributed by atoms with E-state index < -0.39 is 0 Å². The molecule has 2 N–H and O–H groups in total. The minimum atomic E-state index is 0.853. The third-order valence-corrected chi connectivity index (χ3v) is 4.60. The van der Waals surface area contributed by atoms with Crippen molar-refractivity contribution in [2.75, 3.05) is 5.73 Å². The highest BCUT2D eigenvalue weighted by atomic mass is 79.9. The van der Waals surface area contributed by atoms with E-state index in [2.05, 4.69) is 41.1 Å². The molecule has 0 bridgehead atoms. The summed E-state index contributed by atoms with van der Waals surface area (Å²) in [4.78, 5) is 1.28. The van der Waals surface area contributed by atoms with Gasteiger partial charge in [0.25, 0.3) is 0 Å². The molecule has 1 aromatic heterocycles. The first kappa shape index (κ1) is 10.7. The first-order chi connectivity index (χ1) is 7.08. The van der Waals surface area contributed by atoms with Crippen LogP contribution in [0.1, 0.15) is 11.1 Å². The summed E-state index contributed by atoms with van der Waals surface area (Å²) in [7, 11) is 0. The summed E-state index contributed by atoms with van der Waals surface area (Å²) in [5.41, 5.74) is 10.3. The number of anilines is 1. The molecular weight excluding hydrogens is 270 g/mol. The number of rotatable bonds is 1. The minimum absolute atomic E-state index is 0.853. The number of thiophene rings is 1. The Balaban J connectivity index is 2.49. The van der Waals surface area contributed by atoms with Crippen molar-refractivity contribution in [2.24, 2.45) is 0 Å². The minimum Gasteiger partial charge on any atom is -0.399 e. The number of hydrogen-bond acceptors (Lipinski definition) is 2. The van der Waals surface area contributed by atoms with Gasteiger partial charge in [-0.2, -0.15) is 0 Å². The van der Waals surface area contributed by atoms with Crippen molar-refractivity contribution in [3.63, 3.8) is 0 Å². The van der Waals surface area contributed by atoms with Gasteiger partial charge in [-0.3, -0.25) is 0 Å². The molecule has 0 unspecified atom stereocenters. The monoisotopic (exact) mass is 281 g/mol. The molecule has 0 saturated heterocycles. The molecule has 2 rings (SSSR count). The highest BCUT2D eigenvalue weighted by Crippen LogP contribution is 2.35. The van der Waals surface area contributed by atoms with Crippen LogP contribution in [0.25, 0.3) is 10.4 Å². The summed E-state index contributed by atoms with van der Waals surface area (Å²) in [5.74, 6) is 0. The number of nitrogen functional groups attached to an aromatic ring is 1. The predicted octanol–water partition coefficient (Wildman–Crippen LogP) is 4.38. The molecule has 0 amide bonds.